The molecule has 0 saturated heterocycles. The van der Waals surface area contributed by atoms with E-state index in [0.29, 0.717) is 13.2 Å². The zero-order valence-corrected chi connectivity index (χ0v) is 12.7. The van der Waals surface area contributed by atoms with Crippen molar-refractivity contribution < 1.29 is 14.2 Å². The Bertz CT molecular complexity index is 210. The van der Waals surface area contributed by atoms with Crippen molar-refractivity contribution in [3.63, 3.8) is 0 Å². The zero-order chi connectivity index (χ0) is 14.2. The lowest BCUT2D eigenvalue weighted by Gasteiger charge is -2.39. The number of hydrogen-bond donors (Lipinski definition) is 1. The first-order valence-electron chi connectivity index (χ1n) is 6.48. The van der Waals surface area contributed by atoms with Gasteiger partial charge in [0.05, 0.1) is 12.7 Å². The molecule has 0 aliphatic heterocycles. The molecule has 2 N–H and O–H groups in total. The third-order valence-electron chi connectivity index (χ3n) is 3.37. The maximum atomic E-state index is 5.90. The van der Waals surface area contributed by atoms with Gasteiger partial charge in [0.25, 0.3) is 0 Å². The Balaban J connectivity index is 4.32. The Morgan fingerprint density at radius 2 is 1.78 bits per heavy atom. The van der Waals surface area contributed by atoms with Crippen LogP contribution in [-0.4, -0.2) is 63.8 Å². The summed E-state index contributed by atoms with van der Waals surface area (Å²) >= 11 is 0. The number of rotatable bonds is 10. The van der Waals surface area contributed by atoms with Crippen molar-refractivity contribution in [3.05, 3.63) is 0 Å². The molecule has 5 heteroatoms. The Morgan fingerprint density at radius 3 is 2.17 bits per heavy atom. The molecule has 0 spiro atoms. The van der Waals surface area contributed by atoms with Crippen LogP contribution in [0.1, 0.15) is 27.2 Å². The summed E-state index contributed by atoms with van der Waals surface area (Å²) in [6, 6.07) is 0. The Morgan fingerprint density at radius 1 is 1.22 bits per heavy atom. The number of hydrogen-bond acceptors (Lipinski definition) is 5. The van der Waals surface area contributed by atoms with Gasteiger partial charge in [-0.25, -0.2) is 0 Å². The second-order valence-electron chi connectivity index (χ2n) is 5.15. The van der Waals surface area contributed by atoms with Gasteiger partial charge in [-0.3, -0.25) is 4.90 Å². The van der Waals surface area contributed by atoms with Gasteiger partial charge in [-0.05, 0) is 27.8 Å². The van der Waals surface area contributed by atoms with Crippen LogP contribution in [0.15, 0.2) is 0 Å². The quantitative estimate of drug-likeness (QED) is 0.597. The number of likely N-dealkylation sites (N-methyl/N-ethyl adjacent to an activating group) is 1. The highest BCUT2D eigenvalue weighted by atomic mass is 16.7. The second-order valence-corrected chi connectivity index (χ2v) is 5.15. The van der Waals surface area contributed by atoms with Gasteiger partial charge in [0.15, 0.2) is 6.29 Å². The standard InChI is InChI=1S/C13H30N2O3/c1-11(2)18-8-7-15(4)13(3,10-14)9-12(16-5)17-6/h11-12H,7-10,14H2,1-6H3. The van der Waals surface area contributed by atoms with Crippen molar-refractivity contribution in [1.29, 1.82) is 0 Å². The van der Waals surface area contributed by atoms with E-state index in [-0.39, 0.29) is 17.9 Å². The first kappa shape index (κ1) is 17.8. The van der Waals surface area contributed by atoms with E-state index in [9.17, 15) is 0 Å². The highest BCUT2D eigenvalue weighted by Crippen LogP contribution is 2.20. The highest BCUT2D eigenvalue weighted by molar-refractivity contribution is 4.86. The van der Waals surface area contributed by atoms with Crippen LogP contribution < -0.4 is 5.73 Å². The predicted molar refractivity (Wildman–Crippen MR) is 73.6 cm³/mol. The molecule has 18 heavy (non-hydrogen) atoms. The van der Waals surface area contributed by atoms with Crippen LogP contribution in [0.25, 0.3) is 0 Å². The number of nitrogens with zero attached hydrogens (tertiary/aromatic N) is 1. The fourth-order valence-electron chi connectivity index (χ4n) is 1.71. The predicted octanol–water partition coefficient (Wildman–Crippen LogP) is 1.07. The lowest BCUT2D eigenvalue weighted by Crippen LogP contribution is -2.53. The number of methoxy groups -OCH3 is 2. The number of ether oxygens (including phenoxy) is 3. The highest BCUT2D eigenvalue weighted by Gasteiger charge is 2.31. The van der Waals surface area contributed by atoms with Crippen LogP contribution in [0.4, 0.5) is 0 Å². The maximum Gasteiger partial charge on any atom is 0.158 e. The first-order chi connectivity index (χ1) is 8.39. The van der Waals surface area contributed by atoms with Crippen LogP contribution in [-0.2, 0) is 14.2 Å². The average Bonchev–Trinajstić information content (AvgIpc) is 2.35. The summed E-state index contributed by atoms with van der Waals surface area (Å²) < 4.78 is 16.1. The molecule has 0 saturated carbocycles. The van der Waals surface area contributed by atoms with E-state index < -0.39 is 0 Å². The van der Waals surface area contributed by atoms with Crippen molar-refractivity contribution in [2.24, 2.45) is 5.73 Å². The van der Waals surface area contributed by atoms with E-state index >= 15 is 0 Å². The normalized spacial score (nSPS) is 15.7. The lowest BCUT2D eigenvalue weighted by molar-refractivity contribution is -0.128. The minimum Gasteiger partial charge on any atom is -0.377 e. The molecule has 110 valence electrons. The molecular formula is C13H30N2O3. The lowest BCUT2D eigenvalue weighted by atomic mass is 9.95. The molecule has 5 nitrogen and oxygen atoms in total. The van der Waals surface area contributed by atoms with Gasteiger partial charge in [0.2, 0.25) is 0 Å². The van der Waals surface area contributed by atoms with Crippen LogP contribution in [0.2, 0.25) is 0 Å². The summed E-state index contributed by atoms with van der Waals surface area (Å²) in [5.74, 6) is 0. The van der Waals surface area contributed by atoms with Crippen molar-refractivity contribution in [2.75, 3.05) is 41.0 Å². The molecular weight excluding hydrogens is 232 g/mol. The Kier molecular flexibility index (Phi) is 8.73. The molecule has 1 unspecified atom stereocenters. The minimum absolute atomic E-state index is 0.156. The van der Waals surface area contributed by atoms with E-state index in [0.717, 1.165) is 13.0 Å². The van der Waals surface area contributed by atoms with Gasteiger partial charge in [0, 0.05) is 39.3 Å². The van der Waals surface area contributed by atoms with Crippen LogP contribution >= 0.6 is 0 Å². The largest absolute Gasteiger partial charge is 0.377 e. The molecule has 0 amide bonds. The SMILES string of the molecule is COC(CC(C)(CN)N(C)CCOC(C)C)OC. The van der Waals surface area contributed by atoms with E-state index in [1.54, 1.807) is 14.2 Å². The zero-order valence-electron chi connectivity index (χ0n) is 12.7. The van der Waals surface area contributed by atoms with Crippen molar-refractivity contribution >= 4 is 0 Å². The topological polar surface area (TPSA) is 57.0 Å². The third kappa shape index (κ3) is 6.11. The summed E-state index contributed by atoms with van der Waals surface area (Å²) in [4.78, 5) is 2.21. The molecule has 0 aromatic heterocycles. The van der Waals surface area contributed by atoms with Gasteiger partial charge in [0.1, 0.15) is 0 Å². The molecule has 0 radical (unpaired) electrons. The molecule has 0 aliphatic rings. The number of nitrogens with two attached hydrogens (primary N) is 1. The molecule has 0 aliphatic carbocycles. The van der Waals surface area contributed by atoms with Crippen LogP contribution in [0.3, 0.4) is 0 Å². The van der Waals surface area contributed by atoms with Gasteiger partial charge in [-0.1, -0.05) is 0 Å². The van der Waals surface area contributed by atoms with Crippen LogP contribution in [0, 0.1) is 0 Å². The summed E-state index contributed by atoms with van der Waals surface area (Å²) in [7, 11) is 5.35. The van der Waals surface area contributed by atoms with E-state index in [2.05, 4.69) is 18.9 Å². The second kappa shape index (κ2) is 8.82. The molecule has 0 aromatic rings. The van der Waals surface area contributed by atoms with Crippen molar-refractivity contribution in [3.8, 4) is 0 Å². The van der Waals surface area contributed by atoms with Gasteiger partial charge in [-0.15, -0.1) is 0 Å². The molecule has 0 bridgehead atoms. The third-order valence-corrected chi connectivity index (χ3v) is 3.37. The minimum atomic E-state index is -0.230. The average molecular weight is 262 g/mol. The molecule has 0 heterocycles. The molecule has 0 aromatic carbocycles. The van der Waals surface area contributed by atoms with Crippen LogP contribution in [0.5, 0.6) is 0 Å². The van der Waals surface area contributed by atoms with E-state index in [4.69, 9.17) is 19.9 Å². The smallest absolute Gasteiger partial charge is 0.158 e. The maximum absolute atomic E-state index is 5.90. The molecule has 1 atom stereocenters. The summed E-state index contributed by atoms with van der Waals surface area (Å²) in [6.07, 6.45) is 0.759. The fraction of sp³-hybridized carbons (Fsp3) is 1.00. The van der Waals surface area contributed by atoms with Crippen molar-refractivity contribution in [1.82, 2.24) is 4.90 Å². The van der Waals surface area contributed by atoms with E-state index in [1.807, 2.05) is 13.8 Å². The van der Waals surface area contributed by atoms with Gasteiger partial charge >= 0.3 is 0 Å². The summed E-state index contributed by atoms with van der Waals surface area (Å²) in [5.41, 5.74) is 5.75. The van der Waals surface area contributed by atoms with Gasteiger partial charge in [-0.2, -0.15) is 0 Å². The first-order valence-corrected chi connectivity index (χ1v) is 6.48. The fourth-order valence-corrected chi connectivity index (χ4v) is 1.71. The van der Waals surface area contributed by atoms with Crippen molar-refractivity contribution in [2.45, 2.75) is 45.1 Å². The summed E-state index contributed by atoms with van der Waals surface area (Å²) in [5, 5.41) is 0. The Hall–Kier alpha value is -0.200. The summed E-state index contributed by atoms with van der Waals surface area (Å²) in [6.45, 7) is 8.28. The van der Waals surface area contributed by atoms with Gasteiger partial charge < -0.3 is 19.9 Å². The van der Waals surface area contributed by atoms with E-state index in [1.165, 1.54) is 0 Å². The molecule has 0 fully saturated rings. The Labute approximate surface area is 112 Å². The monoisotopic (exact) mass is 262 g/mol. The molecule has 0 rings (SSSR count).